The topological polar surface area (TPSA) is 56.5 Å². The number of hydrogen-bond donors (Lipinski definition) is 0. The summed E-state index contributed by atoms with van der Waals surface area (Å²) >= 11 is 0. The van der Waals surface area contributed by atoms with E-state index in [-0.39, 0.29) is 5.97 Å². The quantitative estimate of drug-likeness (QED) is 0.733. The maximum atomic E-state index is 11.5. The van der Waals surface area contributed by atoms with Crippen molar-refractivity contribution >= 4 is 11.6 Å². The summed E-state index contributed by atoms with van der Waals surface area (Å²) in [5, 5.41) is 8.09. The molecule has 0 spiro atoms. The number of ether oxygens (including phenoxy) is 1. The van der Waals surface area contributed by atoms with Crippen LogP contribution in [0.15, 0.2) is 18.3 Å². The van der Waals surface area contributed by atoms with Crippen LogP contribution in [-0.4, -0.2) is 27.7 Å². The Labute approximate surface area is 93.1 Å². The van der Waals surface area contributed by atoms with Gasteiger partial charge in [-0.05, 0) is 18.6 Å². The van der Waals surface area contributed by atoms with E-state index in [1.165, 1.54) is 7.11 Å². The molecule has 0 aliphatic rings. The van der Waals surface area contributed by atoms with E-state index in [1.54, 1.807) is 12.1 Å². The minimum atomic E-state index is -0.388. The molecule has 5 heteroatoms. The molecule has 0 aromatic carbocycles. The average Bonchev–Trinajstić information content (AvgIpc) is 2.72. The SMILES string of the molecule is CCCc1nnc2c(C(=O)OC)cccn12. The first-order chi connectivity index (χ1) is 7.77. The van der Waals surface area contributed by atoms with Gasteiger partial charge in [0.1, 0.15) is 11.4 Å². The molecule has 0 atom stereocenters. The molecule has 2 heterocycles. The van der Waals surface area contributed by atoms with Crippen molar-refractivity contribution in [2.24, 2.45) is 0 Å². The monoisotopic (exact) mass is 219 g/mol. The molecular formula is C11H13N3O2. The number of nitrogens with zero attached hydrogens (tertiary/aromatic N) is 3. The number of carbonyl (C=O) groups excluding carboxylic acids is 1. The highest BCUT2D eigenvalue weighted by Gasteiger charge is 2.14. The van der Waals surface area contributed by atoms with Crippen molar-refractivity contribution in [3.63, 3.8) is 0 Å². The predicted octanol–water partition coefficient (Wildman–Crippen LogP) is 1.47. The Morgan fingerprint density at radius 3 is 3.00 bits per heavy atom. The molecule has 0 saturated heterocycles. The van der Waals surface area contributed by atoms with Gasteiger partial charge in [0.25, 0.3) is 0 Å². The zero-order chi connectivity index (χ0) is 11.5. The van der Waals surface area contributed by atoms with Crippen LogP contribution >= 0.6 is 0 Å². The van der Waals surface area contributed by atoms with Crippen molar-refractivity contribution in [1.82, 2.24) is 14.6 Å². The van der Waals surface area contributed by atoms with Crippen molar-refractivity contribution < 1.29 is 9.53 Å². The van der Waals surface area contributed by atoms with Gasteiger partial charge in [0.2, 0.25) is 0 Å². The summed E-state index contributed by atoms with van der Waals surface area (Å²) in [6.07, 6.45) is 3.68. The molecular weight excluding hydrogens is 206 g/mol. The van der Waals surface area contributed by atoms with Gasteiger partial charge >= 0.3 is 5.97 Å². The summed E-state index contributed by atoms with van der Waals surface area (Å²) in [6, 6.07) is 3.48. The van der Waals surface area contributed by atoms with Crippen molar-refractivity contribution in [1.29, 1.82) is 0 Å². The lowest BCUT2D eigenvalue weighted by molar-refractivity contribution is 0.0602. The fraction of sp³-hybridized carbons (Fsp3) is 0.364. The number of esters is 1. The van der Waals surface area contributed by atoms with E-state index in [4.69, 9.17) is 4.74 Å². The van der Waals surface area contributed by atoms with E-state index in [1.807, 2.05) is 10.6 Å². The standard InChI is InChI=1S/C11H13N3O2/c1-3-5-9-12-13-10-8(11(15)16-2)6-4-7-14(9)10/h4,6-7H,3,5H2,1-2H3. The van der Waals surface area contributed by atoms with Crippen LogP contribution in [0.4, 0.5) is 0 Å². The fourth-order valence-electron chi connectivity index (χ4n) is 1.63. The highest BCUT2D eigenvalue weighted by molar-refractivity contribution is 5.95. The Kier molecular flexibility index (Phi) is 2.85. The molecule has 5 nitrogen and oxygen atoms in total. The molecule has 0 fully saturated rings. The third kappa shape index (κ3) is 1.64. The van der Waals surface area contributed by atoms with Crippen LogP contribution in [0.2, 0.25) is 0 Å². The summed E-state index contributed by atoms with van der Waals surface area (Å²) in [5.74, 6) is 0.476. The number of methoxy groups -OCH3 is 1. The Morgan fingerprint density at radius 1 is 1.50 bits per heavy atom. The smallest absolute Gasteiger partial charge is 0.341 e. The van der Waals surface area contributed by atoms with Gasteiger partial charge < -0.3 is 4.74 Å². The van der Waals surface area contributed by atoms with Crippen LogP contribution in [0.1, 0.15) is 29.5 Å². The summed E-state index contributed by atoms with van der Waals surface area (Å²) in [7, 11) is 1.36. The molecule has 16 heavy (non-hydrogen) atoms. The third-order valence-corrected chi connectivity index (χ3v) is 2.38. The highest BCUT2D eigenvalue weighted by atomic mass is 16.5. The second-order valence-electron chi connectivity index (χ2n) is 3.47. The molecule has 2 aromatic heterocycles. The van der Waals surface area contributed by atoms with Gasteiger partial charge in [-0.2, -0.15) is 0 Å². The number of fused-ring (bicyclic) bond motifs is 1. The largest absolute Gasteiger partial charge is 0.465 e. The van der Waals surface area contributed by atoms with Gasteiger partial charge in [0.05, 0.1) is 7.11 Å². The normalized spacial score (nSPS) is 10.6. The molecule has 2 aromatic rings. The van der Waals surface area contributed by atoms with Crippen molar-refractivity contribution in [2.45, 2.75) is 19.8 Å². The minimum absolute atomic E-state index is 0.388. The Hall–Kier alpha value is -1.91. The van der Waals surface area contributed by atoms with E-state index in [9.17, 15) is 4.79 Å². The molecule has 0 N–H and O–H groups in total. The summed E-state index contributed by atoms with van der Waals surface area (Å²) in [6.45, 7) is 2.07. The zero-order valence-electron chi connectivity index (χ0n) is 9.30. The number of pyridine rings is 1. The fourth-order valence-corrected chi connectivity index (χ4v) is 1.63. The van der Waals surface area contributed by atoms with E-state index in [0.29, 0.717) is 11.2 Å². The minimum Gasteiger partial charge on any atom is -0.465 e. The molecule has 0 radical (unpaired) electrons. The van der Waals surface area contributed by atoms with Crippen LogP contribution < -0.4 is 0 Å². The number of aromatic nitrogens is 3. The van der Waals surface area contributed by atoms with E-state index in [2.05, 4.69) is 17.1 Å². The molecule has 0 aliphatic carbocycles. The van der Waals surface area contributed by atoms with Crippen molar-refractivity contribution in [3.8, 4) is 0 Å². The van der Waals surface area contributed by atoms with E-state index < -0.39 is 0 Å². The van der Waals surface area contributed by atoms with Crippen molar-refractivity contribution in [3.05, 3.63) is 29.7 Å². The average molecular weight is 219 g/mol. The van der Waals surface area contributed by atoms with E-state index in [0.717, 1.165) is 18.7 Å². The van der Waals surface area contributed by atoms with Gasteiger partial charge in [-0.25, -0.2) is 4.79 Å². The lowest BCUT2D eigenvalue weighted by atomic mass is 10.2. The Morgan fingerprint density at radius 2 is 2.31 bits per heavy atom. The van der Waals surface area contributed by atoms with Crippen LogP contribution in [-0.2, 0) is 11.2 Å². The van der Waals surface area contributed by atoms with Crippen LogP contribution in [0.3, 0.4) is 0 Å². The molecule has 0 saturated carbocycles. The first kappa shape index (κ1) is 10.6. The van der Waals surface area contributed by atoms with Gasteiger partial charge in [0.15, 0.2) is 5.65 Å². The predicted molar refractivity (Wildman–Crippen MR) is 58.3 cm³/mol. The van der Waals surface area contributed by atoms with Crippen LogP contribution in [0.25, 0.3) is 5.65 Å². The molecule has 84 valence electrons. The van der Waals surface area contributed by atoms with E-state index >= 15 is 0 Å². The van der Waals surface area contributed by atoms with Gasteiger partial charge in [-0.15, -0.1) is 10.2 Å². The maximum absolute atomic E-state index is 11.5. The number of hydrogen-bond acceptors (Lipinski definition) is 4. The summed E-state index contributed by atoms with van der Waals surface area (Å²) in [4.78, 5) is 11.5. The zero-order valence-corrected chi connectivity index (χ0v) is 9.30. The lowest BCUT2D eigenvalue weighted by Gasteiger charge is -2.01. The van der Waals surface area contributed by atoms with Gasteiger partial charge in [-0.1, -0.05) is 6.92 Å². The molecule has 0 bridgehead atoms. The number of carbonyl (C=O) groups is 1. The Balaban J connectivity index is 2.57. The second kappa shape index (κ2) is 4.30. The molecule has 2 rings (SSSR count). The van der Waals surface area contributed by atoms with Gasteiger partial charge in [-0.3, -0.25) is 4.40 Å². The molecule has 0 amide bonds. The second-order valence-corrected chi connectivity index (χ2v) is 3.47. The van der Waals surface area contributed by atoms with Crippen LogP contribution in [0.5, 0.6) is 0 Å². The third-order valence-electron chi connectivity index (χ3n) is 2.38. The maximum Gasteiger partial charge on any atom is 0.341 e. The van der Waals surface area contributed by atoms with Gasteiger partial charge in [0, 0.05) is 12.6 Å². The summed E-state index contributed by atoms with van der Waals surface area (Å²) < 4.78 is 6.52. The number of aryl methyl sites for hydroxylation is 1. The Bertz CT molecular complexity index is 519. The number of rotatable bonds is 3. The summed E-state index contributed by atoms with van der Waals surface area (Å²) in [5.41, 5.74) is 0.998. The molecule has 0 unspecified atom stereocenters. The first-order valence-corrected chi connectivity index (χ1v) is 5.19. The molecule has 0 aliphatic heterocycles. The first-order valence-electron chi connectivity index (χ1n) is 5.19. The lowest BCUT2D eigenvalue weighted by Crippen LogP contribution is -2.04. The van der Waals surface area contributed by atoms with Crippen LogP contribution in [0, 0.1) is 0 Å². The van der Waals surface area contributed by atoms with Crippen molar-refractivity contribution in [2.75, 3.05) is 7.11 Å². The highest BCUT2D eigenvalue weighted by Crippen LogP contribution is 2.12.